The Labute approximate surface area is 60.3 Å². The van der Waals surface area contributed by atoms with Gasteiger partial charge in [0.05, 0.1) is 6.07 Å². The first-order valence-electron chi connectivity index (χ1n) is 3.03. The van der Waals surface area contributed by atoms with E-state index in [-0.39, 0.29) is 5.91 Å². The highest BCUT2D eigenvalue weighted by atomic mass is 16.1. The van der Waals surface area contributed by atoms with Crippen molar-refractivity contribution >= 4 is 5.91 Å². The van der Waals surface area contributed by atoms with E-state index < -0.39 is 6.04 Å². The highest BCUT2D eigenvalue weighted by Crippen LogP contribution is 1.78. The fraction of sp³-hybridized carbons (Fsp3) is 0.429. The predicted octanol–water partition coefficient (Wildman–Crippen LogP) is 0.591. The summed E-state index contributed by atoms with van der Waals surface area (Å²) >= 11 is 0. The Morgan fingerprint density at radius 3 is 2.80 bits per heavy atom. The molecule has 0 saturated heterocycles. The van der Waals surface area contributed by atoms with Crippen LogP contribution in [0.15, 0.2) is 12.2 Å². The number of hydrogen-bond donors (Lipinski definition) is 1. The summed E-state index contributed by atoms with van der Waals surface area (Å²) in [6, 6.07) is 1.48. The molecule has 3 heteroatoms. The van der Waals surface area contributed by atoms with Crippen molar-refractivity contribution in [3.05, 3.63) is 12.2 Å². The van der Waals surface area contributed by atoms with E-state index in [9.17, 15) is 4.79 Å². The first-order chi connectivity index (χ1) is 4.70. The molecule has 0 aromatic carbocycles. The van der Waals surface area contributed by atoms with E-state index in [0.29, 0.717) is 0 Å². The SMILES string of the molecule is C/C=C/C(=O)NC(C)C#N. The predicted molar refractivity (Wildman–Crippen MR) is 38.0 cm³/mol. The Kier molecular flexibility index (Phi) is 3.97. The monoisotopic (exact) mass is 138 g/mol. The van der Waals surface area contributed by atoms with Gasteiger partial charge in [-0.1, -0.05) is 6.08 Å². The first kappa shape index (κ1) is 8.70. The minimum Gasteiger partial charge on any atom is -0.337 e. The van der Waals surface area contributed by atoms with Gasteiger partial charge in [0.1, 0.15) is 6.04 Å². The van der Waals surface area contributed by atoms with Crippen LogP contribution in [0.3, 0.4) is 0 Å². The van der Waals surface area contributed by atoms with Crippen LogP contribution in [0.4, 0.5) is 0 Å². The molecule has 0 saturated carbocycles. The molecule has 1 unspecified atom stereocenters. The zero-order chi connectivity index (χ0) is 7.98. The molecule has 0 aromatic heterocycles. The minimum absolute atomic E-state index is 0.225. The van der Waals surface area contributed by atoms with Crippen molar-refractivity contribution in [2.24, 2.45) is 0 Å². The van der Waals surface area contributed by atoms with Crippen molar-refractivity contribution in [2.45, 2.75) is 19.9 Å². The number of rotatable bonds is 2. The molecule has 0 aliphatic rings. The molecule has 3 nitrogen and oxygen atoms in total. The van der Waals surface area contributed by atoms with Gasteiger partial charge >= 0.3 is 0 Å². The molecule has 0 fully saturated rings. The van der Waals surface area contributed by atoms with E-state index in [0.717, 1.165) is 0 Å². The number of amides is 1. The van der Waals surface area contributed by atoms with Crippen molar-refractivity contribution < 1.29 is 4.79 Å². The average Bonchev–Trinajstić information content (AvgIpc) is 1.88. The number of hydrogen-bond acceptors (Lipinski definition) is 2. The van der Waals surface area contributed by atoms with Crippen LogP contribution in [0.5, 0.6) is 0 Å². The fourth-order valence-electron chi connectivity index (χ4n) is 0.445. The van der Waals surface area contributed by atoms with Gasteiger partial charge < -0.3 is 5.32 Å². The lowest BCUT2D eigenvalue weighted by Crippen LogP contribution is -2.29. The van der Waals surface area contributed by atoms with Gasteiger partial charge in [0.2, 0.25) is 5.91 Å². The maximum Gasteiger partial charge on any atom is 0.244 e. The molecular formula is C7H10N2O. The number of nitriles is 1. The summed E-state index contributed by atoms with van der Waals surface area (Å²) in [6.07, 6.45) is 3.01. The van der Waals surface area contributed by atoms with E-state index >= 15 is 0 Å². The molecular weight excluding hydrogens is 128 g/mol. The second-order valence-corrected chi connectivity index (χ2v) is 1.86. The van der Waals surface area contributed by atoms with Gasteiger partial charge in [0.25, 0.3) is 0 Å². The molecule has 0 aliphatic carbocycles. The van der Waals surface area contributed by atoms with Crippen LogP contribution in [0.25, 0.3) is 0 Å². The maximum atomic E-state index is 10.7. The van der Waals surface area contributed by atoms with Crippen molar-refractivity contribution in [1.82, 2.24) is 5.32 Å². The van der Waals surface area contributed by atoms with Gasteiger partial charge in [-0.05, 0) is 19.9 Å². The summed E-state index contributed by atoms with van der Waals surface area (Å²) in [5, 5.41) is 10.7. The first-order valence-corrected chi connectivity index (χ1v) is 3.03. The molecule has 10 heavy (non-hydrogen) atoms. The molecule has 1 amide bonds. The number of nitrogens with one attached hydrogen (secondary N) is 1. The highest BCUT2D eigenvalue weighted by molar-refractivity contribution is 5.87. The lowest BCUT2D eigenvalue weighted by Gasteiger charge is -2.00. The Hall–Kier alpha value is -1.30. The highest BCUT2D eigenvalue weighted by Gasteiger charge is 1.99. The van der Waals surface area contributed by atoms with Gasteiger partial charge in [0.15, 0.2) is 0 Å². The molecule has 0 bridgehead atoms. The summed E-state index contributed by atoms with van der Waals surface area (Å²) in [4.78, 5) is 10.7. The van der Waals surface area contributed by atoms with E-state index in [2.05, 4.69) is 5.32 Å². The van der Waals surface area contributed by atoms with Gasteiger partial charge in [-0.2, -0.15) is 5.26 Å². The molecule has 0 heterocycles. The van der Waals surface area contributed by atoms with Crippen LogP contribution in [0.2, 0.25) is 0 Å². The molecule has 0 radical (unpaired) electrons. The Bertz CT molecular complexity index is 179. The minimum atomic E-state index is -0.413. The van der Waals surface area contributed by atoms with E-state index in [1.54, 1.807) is 19.9 Å². The summed E-state index contributed by atoms with van der Waals surface area (Å²) in [5.74, 6) is -0.225. The Morgan fingerprint density at radius 2 is 2.40 bits per heavy atom. The number of allylic oxidation sites excluding steroid dienone is 1. The van der Waals surface area contributed by atoms with Crippen LogP contribution in [0, 0.1) is 11.3 Å². The third-order valence-electron chi connectivity index (χ3n) is 0.870. The third-order valence-corrected chi connectivity index (χ3v) is 0.870. The molecule has 0 aromatic rings. The smallest absolute Gasteiger partial charge is 0.244 e. The van der Waals surface area contributed by atoms with Crippen molar-refractivity contribution in [1.29, 1.82) is 5.26 Å². The second-order valence-electron chi connectivity index (χ2n) is 1.86. The second kappa shape index (κ2) is 4.57. The molecule has 0 rings (SSSR count). The summed E-state index contributed by atoms with van der Waals surface area (Å²) < 4.78 is 0. The Balaban J connectivity index is 3.71. The summed E-state index contributed by atoms with van der Waals surface area (Å²) in [6.45, 7) is 3.37. The van der Waals surface area contributed by atoms with Crippen LogP contribution in [0.1, 0.15) is 13.8 Å². The van der Waals surface area contributed by atoms with E-state index in [1.807, 2.05) is 6.07 Å². The molecule has 0 aliphatic heterocycles. The standard InChI is InChI=1S/C7H10N2O/c1-3-4-7(10)9-6(2)5-8/h3-4,6H,1-2H3,(H,9,10)/b4-3+. The van der Waals surface area contributed by atoms with Gasteiger partial charge in [-0.3, -0.25) is 4.79 Å². The van der Waals surface area contributed by atoms with Crippen LogP contribution < -0.4 is 5.32 Å². The van der Waals surface area contributed by atoms with Crippen LogP contribution in [-0.4, -0.2) is 11.9 Å². The van der Waals surface area contributed by atoms with E-state index in [1.165, 1.54) is 6.08 Å². The van der Waals surface area contributed by atoms with Gasteiger partial charge in [-0.25, -0.2) is 0 Å². The fourth-order valence-corrected chi connectivity index (χ4v) is 0.445. The topological polar surface area (TPSA) is 52.9 Å². The van der Waals surface area contributed by atoms with E-state index in [4.69, 9.17) is 5.26 Å². The summed E-state index contributed by atoms with van der Waals surface area (Å²) in [7, 11) is 0. The normalized spacial score (nSPS) is 12.5. The number of carbonyl (C=O) groups is 1. The van der Waals surface area contributed by atoms with Gasteiger partial charge in [-0.15, -0.1) is 0 Å². The quantitative estimate of drug-likeness (QED) is 0.568. The summed E-state index contributed by atoms with van der Waals surface area (Å²) in [5.41, 5.74) is 0. The molecule has 1 N–H and O–H groups in total. The maximum absolute atomic E-state index is 10.7. The zero-order valence-corrected chi connectivity index (χ0v) is 6.09. The lowest BCUT2D eigenvalue weighted by molar-refractivity contribution is -0.116. The largest absolute Gasteiger partial charge is 0.337 e. The Morgan fingerprint density at radius 1 is 1.80 bits per heavy atom. The number of nitrogens with zero attached hydrogens (tertiary/aromatic N) is 1. The van der Waals surface area contributed by atoms with Crippen LogP contribution in [-0.2, 0) is 4.79 Å². The van der Waals surface area contributed by atoms with Crippen molar-refractivity contribution in [3.8, 4) is 6.07 Å². The zero-order valence-electron chi connectivity index (χ0n) is 6.09. The third kappa shape index (κ3) is 3.67. The molecule has 0 spiro atoms. The van der Waals surface area contributed by atoms with Crippen molar-refractivity contribution in [3.63, 3.8) is 0 Å². The number of carbonyl (C=O) groups excluding carboxylic acids is 1. The average molecular weight is 138 g/mol. The van der Waals surface area contributed by atoms with Gasteiger partial charge in [0, 0.05) is 0 Å². The van der Waals surface area contributed by atoms with Crippen molar-refractivity contribution in [2.75, 3.05) is 0 Å². The van der Waals surface area contributed by atoms with Crippen LogP contribution >= 0.6 is 0 Å². The lowest BCUT2D eigenvalue weighted by atomic mass is 10.3. The molecule has 54 valence electrons. The molecule has 1 atom stereocenters.